The van der Waals surface area contributed by atoms with E-state index in [1.807, 2.05) is 32.0 Å². The Morgan fingerprint density at radius 1 is 1.09 bits per heavy atom. The van der Waals surface area contributed by atoms with Gasteiger partial charge >= 0.3 is 0 Å². The summed E-state index contributed by atoms with van der Waals surface area (Å²) in [6.45, 7) is 5.10. The summed E-state index contributed by atoms with van der Waals surface area (Å²) in [4.78, 5) is 39.4. The highest BCUT2D eigenvalue weighted by Gasteiger charge is 2.20. The lowest BCUT2D eigenvalue weighted by atomic mass is 9.91. The number of carbonyl (C=O) groups excluding carboxylic acids is 3. The third kappa shape index (κ3) is 7.44. The molecule has 1 aliphatic rings. The molecule has 2 heterocycles. The minimum atomic E-state index is -0.159. The van der Waals surface area contributed by atoms with Gasteiger partial charge in [-0.3, -0.25) is 14.4 Å². The number of carbonyl (C=O) groups is 3. The van der Waals surface area contributed by atoms with Gasteiger partial charge in [-0.2, -0.15) is 0 Å². The van der Waals surface area contributed by atoms with Gasteiger partial charge in [0.1, 0.15) is 5.76 Å². The summed E-state index contributed by atoms with van der Waals surface area (Å²) >= 11 is 0. The molecular weight excluding hydrogens is 420 g/mol. The van der Waals surface area contributed by atoms with Crippen LogP contribution in [0.1, 0.15) is 60.6 Å². The van der Waals surface area contributed by atoms with Crippen molar-refractivity contribution in [2.75, 3.05) is 26.2 Å². The first kappa shape index (κ1) is 24.5. The van der Waals surface area contributed by atoms with Gasteiger partial charge in [0.15, 0.2) is 0 Å². The Kier molecular flexibility index (Phi) is 9.04. The van der Waals surface area contributed by atoms with Gasteiger partial charge in [0.2, 0.25) is 17.7 Å². The number of hydrogen-bond acceptors (Lipinski definition) is 5. The van der Waals surface area contributed by atoms with Crippen molar-refractivity contribution in [3.63, 3.8) is 0 Å². The highest BCUT2D eigenvalue weighted by molar-refractivity contribution is 5.85. The van der Waals surface area contributed by atoms with Gasteiger partial charge in [0, 0.05) is 38.0 Å². The Morgan fingerprint density at radius 2 is 1.85 bits per heavy atom. The molecule has 0 spiro atoms. The van der Waals surface area contributed by atoms with Crippen LogP contribution in [0.3, 0.4) is 0 Å². The molecule has 3 rings (SSSR count). The van der Waals surface area contributed by atoms with Crippen molar-refractivity contribution in [1.82, 2.24) is 20.7 Å². The van der Waals surface area contributed by atoms with E-state index in [4.69, 9.17) is 4.52 Å². The topological polar surface area (TPSA) is 105 Å². The van der Waals surface area contributed by atoms with Crippen molar-refractivity contribution < 1.29 is 18.9 Å². The minimum absolute atomic E-state index is 0.0182. The van der Waals surface area contributed by atoms with Crippen LogP contribution < -0.4 is 10.6 Å². The van der Waals surface area contributed by atoms with Crippen molar-refractivity contribution in [2.24, 2.45) is 0 Å². The maximum absolute atomic E-state index is 12.9. The predicted octanol–water partition coefficient (Wildman–Crippen LogP) is 2.64. The molecule has 3 amide bonds. The molecule has 1 unspecified atom stereocenters. The van der Waals surface area contributed by atoms with E-state index in [0.717, 1.165) is 29.9 Å². The van der Waals surface area contributed by atoms with Crippen LogP contribution in [0.4, 0.5) is 0 Å². The fourth-order valence-electron chi connectivity index (χ4n) is 4.25. The quantitative estimate of drug-likeness (QED) is 0.739. The third-order valence-electron chi connectivity index (χ3n) is 6.19. The standard InChI is InChI=1S/C25H34N4O4/c1-18-22(19(2)33-28-18)10-12-25(32)29-16-6-14-26-23(30)11-9-21(13-15-27-24(31)17-29)20-7-4-3-5-8-20/h3-5,7-8,21H,6,9-17H2,1-2H3,(H,26,30)(H,27,31). The summed E-state index contributed by atoms with van der Waals surface area (Å²) in [6, 6.07) is 10.1. The zero-order valence-electron chi connectivity index (χ0n) is 19.6. The van der Waals surface area contributed by atoms with E-state index in [1.165, 1.54) is 5.56 Å². The molecule has 1 atom stereocenters. The lowest BCUT2D eigenvalue weighted by Crippen LogP contribution is -2.42. The predicted molar refractivity (Wildman–Crippen MR) is 125 cm³/mol. The number of nitrogens with zero attached hydrogens (tertiary/aromatic N) is 2. The molecule has 1 aromatic heterocycles. The number of benzene rings is 1. The van der Waals surface area contributed by atoms with E-state index in [9.17, 15) is 14.4 Å². The smallest absolute Gasteiger partial charge is 0.239 e. The molecule has 1 fully saturated rings. The second-order valence-corrected chi connectivity index (χ2v) is 8.61. The van der Waals surface area contributed by atoms with Gasteiger partial charge in [0.25, 0.3) is 0 Å². The third-order valence-corrected chi connectivity index (χ3v) is 6.19. The van der Waals surface area contributed by atoms with Gasteiger partial charge < -0.3 is 20.1 Å². The highest BCUT2D eigenvalue weighted by atomic mass is 16.5. The van der Waals surface area contributed by atoms with Crippen LogP contribution >= 0.6 is 0 Å². The van der Waals surface area contributed by atoms with Crippen LogP contribution in [0, 0.1) is 13.8 Å². The molecule has 8 nitrogen and oxygen atoms in total. The second kappa shape index (κ2) is 12.2. The summed E-state index contributed by atoms with van der Waals surface area (Å²) in [5, 5.41) is 9.85. The van der Waals surface area contributed by atoms with Crippen LogP contribution in [0.15, 0.2) is 34.9 Å². The molecule has 1 aromatic carbocycles. The SMILES string of the molecule is Cc1noc(C)c1CCC(=O)N1CCCNC(=O)CCC(c2ccccc2)CCNC(=O)C1. The summed E-state index contributed by atoms with van der Waals surface area (Å²) in [6.07, 6.45) is 3.30. The van der Waals surface area contributed by atoms with Crippen LogP contribution in [0.2, 0.25) is 0 Å². The van der Waals surface area contributed by atoms with Crippen LogP contribution in [-0.4, -0.2) is 54.0 Å². The first-order chi connectivity index (χ1) is 15.9. The van der Waals surface area contributed by atoms with Gasteiger partial charge in [-0.15, -0.1) is 0 Å². The van der Waals surface area contributed by atoms with E-state index in [0.29, 0.717) is 38.9 Å². The average molecular weight is 455 g/mol. The van der Waals surface area contributed by atoms with Gasteiger partial charge in [-0.05, 0) is 51.0 Å². The second-order valence-electron chi connectivity index (χ2n) is 8.61. The van der Waals surface area contributed by atoms with Crippen molar-refractivity contribution in [3.8, 4) is 0 Å². The molecular formula is C25H34N4O4. The van der Waals surface area contributed by atoms with E-state index in [-0.39, 0.29) is 36.6 Å². The number of hydrogen-bond donors (Lipinski definition) is 2. The van der Waals surface area contributed by atoms with Crippen molar-refractivity contribution in [1.29, 1.82) is 0 Å². The maximum Gasteiger partial charge on any atom is 0.239 e. The molecule has 0 radical (unpaired) electrons. The Balaban J connectivity index is 1.61. The van der Waals surface area contributed by atoms with E-state index < -0.39 is 0 Å². The Morgan fingerprint density at radius 3 is 2.58 bits per heavy atom. The summed E-state index contributed by atoms with van der Waals surface area (Å²) in [5.74, 6) is 0.676. The van der Waals surface area contributed by atoms with Crippen molar-refractivity contribution in [3.05, 3.63) is 52.9 Å². The molecule has 178 valence electrons. The fraction of sp³-hybridized carbons (Fsp3) is 0.520. The van der Waals surface area contributed by atoms with Crippen molar-refractivity contribution >= 4 is 17.7 Å². The molecule has 0 saturated carbocycles. The van der Waals surface area contributed by atoms with E-state index in [2.05, 4.69) is 27.9 Å². The number of nitrogens with one attached hydrogen (secondary N) is 2. The minimum Gasteiger partial charge on any atom is -0.361 e. The first-order valence-electron chi connectivity index (χ1n) is 11.7. The first-order valence-corrected chi connectivity index (χ1v) is 11.7. The summed E-state index contributed by atoms with van der Waals surface area (Å²) in [7, 11) is 0. The van der Waals surface area contributed by atoms with Gasteiger partial charge in [0.05, 0.1) is 12.2 Å². The molecule has 1 saturated heterocycles. The summed E-state index contributed by atoms with van der Waals surface area (Å²) < 4.78 is 5.18. The van der Waals surface area contributed by atoms with Crippen LogP contribution in [0.5, 0.6) is 0 Å². The van der Waals surface area contributed by atoms with E-state index in [1.54, 1.807) is 4.90 Å². The van der Waals surface area contributed by atoms with Crippen LogP contribution in [-0.2, 0) is 20.8 Å². The zero-order valence-corrected chi connectivity index (χ0v) is 19.6. The van der Waals surface area contributed by atoms with Crippen LogP contribution in [0.25, 0.3) is 0 Å². The monoisotopic (exact) mass is 454 g/mol. The number of aryl methyl sites for hydroxylation is 2. The fourth-order valence-corrected chi connectivity index (χ4v) is 4.25. The normalized spacial score (nSPS) is 18.8. The zero-order chi connectivity index (χ0) is 23.6. The molecule has 33 heavy (non-hydrogen) atoms. The molecule has 0 bridgehead atoms. The highest BCUT2D eigenvalue weighted by Crippen LogP contribution is 2.24. The Bertz CT molecular complexity index is 922. The summed E-state index contributed by atoms with van der Waals surface area (Å²) in [5.41, 5.74) is 2.90. The van der Waals surface area contributed by atoms with Crippen molar-refractivity contribution in [2.45, 2.75) is 58.3 Å². The molecule has 2 aromatic rings. The molecule has 2 N–H and O–H groups in total. The lowest BCUT2D eigenvalue weighted by Gasteiger charge is -2.24. The van der Waals surface area contributed by atoms with Gasteiger partial charge in [-0.1, -0.05) is 35.5 Å². The Labute approximate surface area is 195 Å². The molecule has 8 heteroatoms. The molecule has 0 aliphatic carbocycles. The van der Waals surface area contributed by atoms with Gasteiger partial charge in [-0.25, -0.2) is 0 Å². The van der Waals surface area contributed by atoms with E-state index >= 15 is 0 Å². The largest absolute Gasteiger partial charge is 0.361 e. The number of amides is 3. The lowest BCUT2D eigenvalue weighted by molar-refractivity contribution is -0.136. The Hall–Kier alpha value is -3.16. The number of aromatic nitrogens is 1. The average Bonchev–Trinajstić information content (AvgIpc) is 3.13. The number of rotatable bonds is 4. The molecule has 1 aliphatic heterocycles. The maximum atomic E-state index is 12.9.